The van der Waals surface area contributed by atoms with Crippen LogP contribution >= 0.6 is 0 Å². The third kappa shape index (κ3) is 4.22. The largest absolute Gasteiger partial charge is 0.494 e. The van der Waals surface area contributed by atoms with Gasteiger partial charge in [-0.25, -0.2) is 0 Å². The van der Waals surface area contributed by atoms with Crippen molar-refractivity contribution in [1.82, 2.24) is 10.2 Å². The van der Waals surface area contributed by atoms with E-state index in [9.17, 15) is 0 Å². The van der Waals surface area contributed by atoms with Crippen LogP contribution in [0.5, 0.6) is 5.75 Å². The van der Waals surface area contributed by atoms with E-state index in [0.717, 1.165) is 32.0 Å². The summed E-state index contributed by atoms with van der Waals surface area (Å²) < 4.78 is 5.58. The zero-order valence-corrected chi connectivity index (χ0v) is 12.2. The molecule has 1 atom stereocenters. The van der Waals surface area contributed by atoms with Crippen molar-refractivity contribution in [3.8, 4) is 5.75 Å². The maximum absolute atomic E-state index is 5.58. The predicted molar refractivity (Wildman–Crippen MR) is 79.6 cm³/mol. The Hall–Kier alpha value is -1.06. The maximum atomic E-state index is 5.58. The minimum absolute atomic E-state index is 0.675. The van der Waals surface area contributed by atoms with E-state index < -0.39 is 0 Å². The molecule has 0 radical (unpaired) electrons. The van der Waals surface area contributed by atoms with Crippen LogP contribution in [0.15, 0.2) is 24.3 Å². The minimum atomic E-state index is 0.675. The smallest absolute Gasteiger partial charge is 0.119 e. The Kier molecular flexibility index (Phi) is 5.67. The summed E-state index contributed by atoms with van der Waals surface area (Å²) in [5, 5.41) is 3.50. The van der Waals surface area contributed by atoms with Gasteiger partial charge in [0.05, 0.1) is 6.61 Å². The number of piperidine rings is 1. The molecule has 3 nitrogen and oxygen atoms in total. The highest BCUT2D eigenvalue weighted by atomic mass is 16.5. The lowest BCUT2D eigenvalue weighted by molar-refractivity contribution is 0.166. The summed E-state index contributed by atoms with van der Waals surface area (Å²) in [6.45, 7) is 9.43. The van der Waals surface area contributed by atoms with Crippen molar-refractivity contribution in [2.75, 3.05) is 26.2 Å². The van der Waals surface area contributed by atoms with Gasteiger partial charge in [0, 0.05) is 19.1 Å². The first-order chi connectivity index (χ1) is 9.33. The number of likely N-dealkylation sites (N-methyl/N-ethyl adjacent to an activating group) is 1. The van der Waals surface area contributed by atoms with Gasteiger partial charge in [-0.15, -0.1) is 0 Å². The van der Waals surface area contributed by atoms with Crippen molar-refractivity contribution in [2.24, 2.45) is 0 Å². The second-order valence-corrected chi connectivity index (χ2v) is 5.14. The van der Waals surface area contributed by atoms with E-state index in [1.165, 1.54) is 24.9 Å². The second-order valence-electron chi connectivity index (χ2n) is 5.14. The Morgan fingerprint density at radius 2 is 2.26 bits per heavy atom. The fourth-order valence-electron chi connectivity index (χ4n) is 2.78. The highest BCUT2D eigenvalue weighted by Gasteiger charge is 2.19. The maximum Gasteiger partial charge on any atom is 0.119 e. The van der Waals surface area contributed by atoms with Crippen LogP contribution in [0.2, 0.25) is 0 Å². The molecule has 1 aliphatic heterocycles. The molecule has 1 unspecified atom stereocenters. The number of ether oxygens (including phenoxy) is 1. The van der Waals surface area contributed by atoms with Crippen LogP contribution in [0.3, 0.4) is 0 Å². The molecule has 1 N–H and O–H groups in total. The molecule has 0 amide bonds. The first-order valence-corrected chi connectivity index (χ1v) is 7.50. The lowest BCUT2D eigenvalue weighted by Gasteiger charge is -2.34. The molecule has 0 bridgehead atoms. The Labute approximate surface area is 116 Å². The third-order valence-electron chi connectivity index (χ3n) is 3.79. The lowest BCUT2D eigenvalue weighted by Crippen LogP contribution is -2.45. The zero-order chi connectivity index (χ0) is 13.5. The van der Waals surface area contributed by atoms with Gasteiger partial charge < -0.3 is 10.1 Å². The Morgan fingerprint density at radius 3 is 2.95 bits per heavy atom. The van der Waals surface area contributed by atoms with E-state index in [-0.39, 0.29) is 0 Å². The minimum Gasteiger partial charge on any atom is -0.494 e. The average Bonchev–Trinajstić information content (AvgIpc) is 2.46. The summed E-state index contributed by atoms with van der Waals surface area (Å²) in [7, 11) is 0. The Balaban J connectivity index is 1.98. The molecule has 0 aromatic heterocycles. The SMILES string of the molecule is CCOc1cccc(CN(CC)C2CCCNC2)c1. The molecule has 19 heavy (non-hydrogen) atoms. The molecule has 1 aromatic rings. The van der Waals surface area contributed by atoms with Gasteiger partial charge in [-0.2, -0.15) is 0 Å². The fraction of sp³-hybridized carbons (Fsp3) is 0.625. The molecule has 106 valence electrons. The summed E-state index contributed by atoms with van der Waals surface area (Å²) in [6.07, 6.45) is 2.60. The van der Waals surface area contributed by atoms with Gasteiger partial charge in [0.2, 0.25) is 0 Å². The summed E-state index contributed by atoms with van der Waals surface area (Å²) >= 11 is 0. The van der Waals surface area contributed by atoms with Crippen LogP contribution in [0.25, 0.3) is 0 Å². The highest BCUT2D eigenvalue weighted by Crippen LogP contribution is 2.18. The van der Waals surface area contributed by atoms with Gasteiger partial charge >= 0.3 is 0 Å². The molecular weight excluding hydrogens is 236 g/mol. The van der Waals surface area contributed by atoms with Crippen molar-refractivity contribution in [2.45, 2.75) is 39.3 Å². The topological polar surface area (TPSA) is 24.5 Å². The molecule has 2 rings (SSSR count). The van der Waals surface area contributed by atoms with E-state index in [0.29, 0.717) is 6.04 Å². The number of rotatable bonds is 6. The van der Waals surface area contributed by atoms with E-state index in [1.807, 2.05) is 13.0 Å². The van der Waals surface area contributed by atoms with Gasteiger partial charge in [0.15, 0.2) is 0 Å². The van der Waals surface area contributed by atoms with E-state index in [4.69, 9.17) is 4.74 Å². The van der Waals surface area contributed by atoms with Gasteiger partial charge in [0.1, 0.15) is 5.75 Å². The van der Waals surface area contributed by atoms with Crippen molar-refractivity contribution in [1.29, 1.82) is 0 Å². The van der Waals surface area contributed by atoms with E-state index >= 15 is 0 Å². The normalized spacial score (nSPS) is 19.6. The van der Waals surface area contributed by atoms with Gasteiger partial charge in [0.25, 0.3) is 0 Å². The lowest BCUT2D eigenvalue weighted by atomic mass is 10.0. The molecule has 1 aromatic carbocycles. The van der Waals surface area contributed by atoms with Crippen LogP contribution in [-0.2, 0) is 6.54 Å². The summed E-state index contributed by atoms with van der Waals surface area (Å²) in [6, 6.07) is 9.16. The standard InChI is InChI=1S/C16H26N2O/c1-3-18(15-8-6-10-17-12-15)13-14-7-5-9-16(11-14)19-4-2/h5,7,9,11,15,17H,3-4,6,8,10,12-13H2,1-2H3. The van der Waals surface area contributed by atoms with Crippen molar-refractivity contribution in [3.05, 3.63) is 29.8 Å². The Morgan fingerprint density at radius 1 is 1.37 bits per heavy atom. The highest BCUT2D eigenvalue weighted by molar-refractivity contribution is 5.28. The number of hydrogen-bond donors (Lipinski definition) is 1. The van der Waals surface area contributed by atoms with Crippen LogP contribution in [-0.4, -0.2) is 37.2 Å². The fourth-order valence-corrected chi connectivity index (χ4v) is 2.78. The second kappa shape index (κ2) is 7.51. The molecule has 3 heteroatoms. The first kappa shape index (κ1) is 14.4. The summed E-state index contributed by atoms with van der Waals surface area (Å²) in [5.74, 6) is 0.984. The molecule has 1 heterocycles. The van der Waals surface area contributed by atoms with E-state index in [1.54, 1.807) is 0 Å². The van der Waals surface area contributed by atoms with Gasteiger partial charge in [-0.1, -0.05) is 19.1 Å². The number of nitrogens with zero attached hydrogens (tertiary/aromatic N) is 1. The Bertz CT molecular complexity index is 375. The number of benzene rings is 1. The van der Waals surface area contributed by atoms with Crippen molar-refractivity contribution < 1.29 is 4.74 Å². The molecule has 0 saturated carbocycles. The van der Waals surface area contributed by atoms with Gasteiger partial charge in [-0.3, -0.25) is 4.90 Å². The predicted octanol–water partition coefficient (Wildman–Crippen LogP) is 2.66. The van der Waals surface area contributed by atoms with Crippen LogP contribution in [0.1, 0.15) is 32.3 Å². The molecule has 1 aliphatic rings. The molecule has 0 spiro atoms. The quantitative estimate of drug-likeness (QED) is 0.853. The summed E-state index contributed by atoms with van der Waals surface area (Å²) in [5.41, 5.74) is 1.35. The molecular formula is C16H26N2O. The third-order valence-corrected chi connectivity index (χ3v) is 3.79. The van der Waals surface area contributed by atoms with Crippen LogP contribution in [0.4, 0.5) is 0 Å². The number of hydrogen-bond acceptors (Lipinski definition) is 3. The monoisotopic (exact) mass is 262 g/mol. The molecule has 1 saturated heterocycles. The van der Waals surface area contributed by atoms with Gasteiger partial charge in [-0.05, 0) is 50.6 Å². The van der Waals surface area contributed by atoms with Crippen LogP contribution in [0, 0.1) is 0 Å². The van der Waals surface area contributed by atoms with Crippen molar-refractivity contribution >= 4 is 0 Å². The average molecular weight is 262 g/mol. The zero-order valence-electron chi connectivity index (χ0n) is 12.2. The first-order valence-electron chi connectivity index (χ1n) is 7.50. The van der Waals surface area contributed by atoms with E-state index in [2.05, 4.69) is 35.3 Å². The molecule has 1 fully saturated rings. The number of nitrogens with one attached hydrogen (secondary N) is 1. The summed E-state index contributed by atoms with van der Waals surface area (Å²) in [4.78, 5) is 2.57. The van der Waals surface area contributed by atoms with Crippen LogP contribution < -0.4 is 10.1 Å². The molecule has 0 aliphatic carbocycles. The van der Waals surface area contributed by atoms with Crippen molar-refractivity contribution in [3.63, 3.8) is 0 Å².